The molecule has 1 heterocycles. The molecule has 1 aromatic heterocycles. The van der Waals surface area contributed by atoms with E-state index in [0.717, 1.165) is 28.3 Å². The number of fused-ring (bicyclic) bond motifs is 4. The van der Waals surface area contributed by atoms with Crippen molar-refractivity contribution in [1.82, 2.24) is 4.57 Å². The minimum atomic E-state index is 1.10. The lowest BCUT2D eigenvalue weighted by Crippen LogP contribution is -2.11. The topological polar surface area (TPSA) is 8.17 Å². The van der Waals surface area contributed by atoms with Gasteiger partial charge in [-0.05, 0) is 93.2 Å². The van der Waals surface area contributed by atoms with E-state index in [4.69, 9.17) is 0 Å². The number of rotatable bonds is 7. The lowest BCUT2D eigenvalue weighted by molar-refractivity contribution is 1.18. The van der Waals surface area contributed by atoms with Gasteiger partial charge < -0.3 is 9.47 Å². The van der Waals surface area contributed by atoms with Crippen molar-refractivity contribution < 1.29 is 0 Å². The summed E-state index contributed by atoms with van der Waals surface area (Å²) in [6.07, 6.45) is 0. The van der Waals surface area contributed by atoms with E-state index >= 15 is 0 Å². The van der Waals surface area contributed by atoms with Gasteiger partial charge in [0.05, 0.1) is 16.7 Å². The molecule has 9 aromatic carbocycles. The summed E-state index contributed by atoms with van der Waals surface area (Å²) in [5.74, 6) is 0. The molecule has 0 aliphatic rings. The molecular formula is C52H36N2. The van der Waals surface area contributed by atoms with Crippen LogP contribution in [0.3, 0.4) is 0 Å². The predicted octanol–water partition coefficient (Wildman–Crippen LogP) is 14.4. The molecule has 0 spiro atoms. The zero-order chi connectivity index (χ0) is 35.8. The number of aromatic nitrogens is 1. The molecule has 10 aromatic rings. The number of nitrogens with zero attached hydrogens (tertiary/aromatic N) is 2. The van der Waals surface area contributed by atoms with E-state index in [1.54, 1.807) is 0 Å². The first-order chi connectivity index (χ1) is 26.8. The van der Waals surface area contributed by atoms with Crippen LogP contribution in [0.15, 0.2) is 218 Å². The molecule has 54 heavy (non-hydrogen) atoms. The first-order valence-corrected chi connectivity index (χ1v) is 18.5. The van der Waals surface area contributed by atoms with Crippen LogP contribution in [0.2, 0.25) is 0 Å². The van der Waals surface area contributed by atoms with Crippen molar-refractivity contribution in [1.29, 1.82) is 0 Å². The molecule has 0 aliphatic heterocycles. The predicted molar refractivity (Wildman–Crippen MR) is 229 cm³/mol. The van der Waals surface area contributed by atoms with Crippen molar-refractivity contribution >= 4 is 49.6 Å². The molecule has 0 amide bonds. The zero-order valence-electron chi connectivity index (χ0n) is 29.7. The Hall–Kier alpha value is -7.16. The second-order valence-corrected chi connectivity index (χ2v) is 13.7. The van der Waals surface area contributed by atoms with Crippen molar-refractivity contribution in [2.24, 2.45) is 0 Å². The van der Waals surface area contributed by atoms with Gasteiger partial charge in [-0.1, -0.05) is 164 Å². The minimum Gasteiger partial charge on any atom is -0.310 e. The summed E-state index contributed by atoms with van der Waals surface area (Å²) in [6, 6.07) is 78.9. The third kappa shape index (κ3) is 5.44. The van der Waals surface area contributed by atoms with E-state index in [-0.39, 0.29) is 0 Å². The summed E-state index contributed by atoms with van der Waals surface area (Å²) in [5.41, 5.74) is 14.0. The van der Waals surface area contributed by atoms with E-state index in [9.17, 15) is 0 Å². The van der Waals surface area contributed by atoms with Gasteiger partial charge in [0, 0.05) is 33.4 Å². The van der Waals surface area contributed by atoms with Crippen LogP contribution in [0, 0.1) is 0 Å². The van der Waals surface area contributed by atoms with Gasteiger partial charge in [0.2, 0.25) is 0 Å². The summed E-state index contributed by atoms with van der Waals surface area (Å²) >= 11 is 0. The van der Waals surface area contributed by atoms with Gasteiger partial charge in [0.25, 0.3) is 0 Å². The van der Waals surface area contributed by atoms with Crippen molar-refractivity contribution in [2.45, 2.75) is 0 Å². The fourth-order valence-electron chi connectivity index (χ4n) is 8.12. The number of hydrogen-bond donors (Lipinski definition) is 0. The lowest BCUT2D eigenvalue weighted by atomic mass is 9.90. The summed E-state index contributed by atoms with van der Waals surface area (Å²) in [4.78, 5) is 2.41. The summed E-state index contributed by atoms with van der Waals surface area (Å²) < 4.78 is 2.39. The van der Waals surface area contributed by atoms with Crippen LogP contribution in [-0.2, 0) is 0 Å². The second kappa shape index (κ2) is 13.4. The van der Waals surface area contributed by atoms with Gasteiger partial charge in [-0.3, -0.25) is 0 Å². The monoisotopic (exact) mass is 688 g/mol. The largest absolute Gasteiger partial charge is 0.310 e. The number of anilines is 3. The maximum Gasteiger partial charge on any atom is 0.0547 e. The molecule has 0 radical (unpaired) electrons. The van der Waals surface area contributed by atoms with Crippen LogP contribution < -0.4 is 4.90 Å². The highest BCUT2D eigenvalue weighted by atomic mass is 15.1. The average molecular weight is 689 g/mol. The molecule has 2 nitrogen and oxygen atoms in total. The van der Waals surface area contributed by atoms with Crippen LogP contribution in [0.1, 0.15) is 0 Å². The molecule has 0 bridgehead atoms. The Morgan fingerprint density at radius 1 is 0.333 bits per heavy atom. The zero-order valence-corrected chi connectivity index (χ0v) is 29.7. The van der Waals surface area contributed by atoms with Crippen molar-refractivity contribution in [3.63, 3.8) is 0 Å². The molecule has 0 aliphatic carbocycles. The minimum absolute atomic E-state index is 1.10. The van der Waals surface area contributed by atoms with Crippen molar-refractivity contribution in [3.8, 4) is 39.1 Å². The standard InChI is InChI=1S/C52H36N2/c1-3-16-37(17-4-1)39-30-33-42(34-31-39)53(43-35-32-38-18-7-8-19-40(38)36-43)49-27-13-11-24-46(49)44-22-9-10-23-45(44)47-26-15-29-51-52(47)48-25-12-14-28-50(48)54(51)41-20-5-2-6-21-41/h1-36H. The first kappa shape index (κ1) is 31.6. The first-order valence-electron chi connectivity index (χ1n) is 18.5. The van der Waals surface area contributed by atoms with Crippen molar-refractivity contribution in [3.05, 3.63) is 218 Å². The number of hydrogen-bond acceptors (Lipinski definition) is 1. The fourth-order valence-corrected chi connectivity index (χ4v) is 8.12. The Morgan fingerprint density at radius 2 is 0.889 bits per heavy atom. The molecule has 0 unspecified atom stereocenters. The second-order valence-electron chi connectivity index (χ2n) is 13.7. The SMILES string of the molecule is c1ccc(-c2ccc(N(c3ccc4ccccc4c3)c3ccccc3-c3ccccc3-c3cccc4c3c3ccccc3n4-c3ccccc3)cc2)cc1. The lowest BCUT2D eigenvalue weighted by Gasteiger charge is -2.29. The van der Waals surface area contributed by atoms with Crippen LogP contribution in [-0.4, -0.2) is 4.57 Å². The fraction of sp³-hybridized carbons (Fsp3) is 0. The van der Waals surface area contributed by atoms with E-state index < -0.39 is 0 Å². The summed E-state index contributed by atoms with van der Waals surface area (Å²) in [6.45, 7) is 0. The molecule has 10 rings (SSSR count). The highest BCUT2D eigenvalue weighted by Crippen LogP contribution is 2.46. The average Bonchev–Trinajstić information content (AvgIpc) is 3.59. The van der Waals surface area contributed by atoms with E-state index in [1.807, 2.05) is 0 Å². The molecule has 2 heteroatoms. The Morgan fingerprint density at radius 3 is 1.69 bits per heavy atom. The molecule has 254 valence electrons. The molecule has 0 saturated carbocycles. The molecular weight excluding hydrogens is 653 g/mol. The molecule has 0 fully saturated rings. The highest BCUT2D eigenvalue weighted by Gasteiger charge is 2.22. The van der Waals surface area contributed by atoms with Gasteiger partial charge >= 0.3 is 0 Å². The third-order valence-electron chi connectivity index (χ3n) is 10.6. The van der Waals surface area contributed by atoms with Gasteiger partial charge in [-0.25, -0.2) is 0 Å². The Bertz CT molecular complexity index is 2920. The van der Waals surface area contributed by atoms with Gasteiger partial charge in [-0.15, -0.1) is 0 Å². The van der Waals surface area contributed by atoms with E-state index in [2.05, 4.69) is 228 Å². The maximum atomic E-state index is 2.41. The number of benzene rings is 9. The third-order valence-corrected chi connectivity index (χ3v) is 10.6. The molecule has 0 saturated heterocycles. The van der Waals surface area contributed by atoms with Crippen LogP contribution in [0.4, 0.5) is 17.1 Å². The van der Waals surface area contributed by atoms with Crippen LogP contribution >= 0.6 is 0 Å². The highest BCUT2D eigenvalue weighted by molar-refractivity contribution is 6.17. The summed E-state index contributed by atoms with van der Waals surface area (Å²) in [7, 11) is 0. The van der Waals surface area contributed by atoms with E-state index in [1.165, 1.54) is 60.4 Å². The smallest absolute Gasteiger partial charge is 0.0547 e. The van der Waals surface area contributed by atoms with Gasteiger partial charge in [0.15, 0.2) is 0 Å². The Labute approximate surface area is 315 Å². The Balaban J connectivity index is 1.19. The summed E-state index contributed by atoms with van der Waals surface area (Å²) in [5, 5.41) is 4.93. The molecule has 0 N–H and O–H groups in total. The van der Waals surface area contributed by atoms with Crippen molar-refractivity contribution in [2.75, 3.05) is 4.90 Å². The molecule has 0 atom stereocenters. The quantitative estimate of drug-likeness (QED) is 0.162. The van der Waals surface area contributed by atoms with Gasteiger partial charge in [0.1, 0.15) is 0 Å². The number of para-hydroxylation sites is 3. The van der Waals surface area contributed by atoms with Crippen LogP contribution in [0.25, 0.3) is 71.6 Å². The van der Waals surface area contributed by atoms with E-state index in [0.29, 0.717) is 0 Å². The van der Waals surface area contributed by atoms with Gasteiger partial charge in [-0.2, -0.15) is 0 Å². The maximum absolute atomic E-state index is 2.41. The Kier molecular flexibility index (Phi) is 7.85. The normalized spacial score (nSPS) is 11.3. The van der Waals surface area contributed by atoms with Crippen LogP contribution in [0.5, 0.6) is 0 Å².